The van der Waals surface area contributed by atoms with E-state index in [1.807, 2.05) is 24.3 Å². The van der Waals surface area contributed by atoms with Crippen LogP contribution in [0.3, 0.4) is 0 Å². The highest BCUT2D eigenvalue weighted by atomic mass is 16.5. The molecule has 0 bridgehead atoms. The zero-order chi connectivity index (χ0) is 16.2. The second-order valence-electron chi connectivity index (χ2n) is 5.90. The lowest BCUT2D eigenvalue weighted by Crippen LogP contribution is -2.37. The normalized spacial score (nSPS) is 15.8. The molecule has 2 aromatic rings. The number of benzene rings is 2. The molecule has 1 saturated heterocycles. The number of aryl methyl sites for hydroxylation is 1. The van der Waals surface area contributed by atoms with Crippen LogP contribution in [0.2, 0.25) is 0 Å². The van der Waals surface area contributed by atoms with Gasteiger partial charge in [0.15, 0.2) is 0 Å². The minimum atomic E-state index is -0.574. The Morgan fingerprint density at radius 3 is 2.74 bits per heavy atom. The number of ether oxygens (including phenoxy) is 1. The molecular formula is C18H22N2O3. The first-order valence-corrected chi connectivity index (χ1v) is 8.00. The van der Waals surface area contributed by atoms with E-state index in [0.29, 0.717) is 11.8 Å². The molecule has 0 atom stereocenters. The number of hydrogen-bond acceptors (Lipinski definition) is 4. The van der Waals surface area contributed by atoms with Crippen LogP contribution in [0, 0.1) is 0 Å². The van der Waals surface area contributed by atoms with Crippen LogP contribution in [0.25, 0.3) is 10.8 Å². The Morgan fingerprint density at radius 1 is 1.26 bits per heavy atom. The molecule has 0 aromatic heterocycles. The van der Waals surface area contributed by atoms with Crippen LogP contribution in [-0.2, 0) is 11.2 Å². The molecule has 1 aliphatic heterocycles. The molecule has 0 spiro atoms. The number of rotatable bonds is 5. The smallest absolute Gasteiger partial charge is 0.252 e. The fourth-order valence-corrected chi connectivity index (χ4v) is 3.18. The van der Waals surface area contributed by atoms with Gasteiger partial charge < -0.3 is 15.6 Å². The average molecular weight is 314 g/mol. The Hall–Kier alpha value is -2.11. The van der Waals surface area contributed by atoms with Gasteiger partial charge in [-0.05, 0) is 30.3 Å². The Morgan fingerprint density at radius 2 is 2.00 bits per heavy atom. The summed E-state index contributed by atoms with van der Waals surface area (Å²) >= 11 is 0. The Kier molecular flexibility index (Phi) is 4.79. The average Bonchev–Trinajstić information content (AvgIpc) is 2.55. The van der Waals surface area contributed by atoms with Crippen molar-refractivity contribution in [3.63, 3.8) is 0 Å². The summed E-state index contributed by atoms with van der Waals surface area (Å²) in [6.45, 7) is 4.42. The summed E-state index contributed by atoms with van der Waals surface area (Å²) in [6, 6.07) is 9.46. The summed E-state index contributed by atoms with van der Waals surface area (Å²) in [5.41, 5.74) is 6.57. The van der Waals surface area contributed by atoms with Crippen LogP contribution in [0.4, 0.5) is 0 Å². The molecule has 1 aliphatic rings. The third kappa shape index (κ3) is 3.46. The van der Waals surface area contributed by atoms with Crippen molar-refractivity contribution in [2.75, 3.05) is 32.8 Å². The van der Waals surface area contributed by atoms with Crippen molar-refractivity contribution in [3.05, 3.63) is 41.5 Å². The number of carbonyl (C=O) groups excluding carboxylic acids is 1. The van der Waals surface area contributed by atoms with Gasteiger partial charge in [-0.15, -0.1) is 0 Å². The molecule has 1 amide bonds. The monoisotopic (exact) mass is 314 g/mol. The Labute approximate surface area is 135 Å². The van der Waals surface area contributed by atoms with Crippen LogP contribution in [0.15, 0.2) is 30.3 Å². The number of hydrogen-bond donors (Lipinski definition) is 2. The lowest BCUT2D eigenvalue weighted by molar-refractivity contribution is 0.0374. The maximum atomic E-state index is 11.8. The van der Waals surface area contributed by atoms with E-state index in [0.717, 1.165) is 50.2 Å². The summed E-state index contributed by atoms with van der Waals surface area (Å²) in [6.07, 6.45) is 1.63. The molecule has 23 heavy (non-hydrogen) atoms. The third-order valence-electron chi connectivity index (χ3n) is 4.37. The highest BCUT2D eigenvalue weighted by Gasteiger charge is 2.17. The van der Waals surface area contributed by atoms with Crippen molar-refractivity contribution in [2.24, 2.45) is 5.73 Å². The first kappa shape index (κ1) is 15.8. The number of carbonyl (C=O) groups is 1. The number of aromatic hydroxyl groups is 1. The molecule has 0 unspecified atom stereocenters. The number of nitrogens with zero attached hydrogens (tertiary/aromatic N) is 1. The van der Waals surface area contributed by atoms with Gasteiger partial charge >= 0.3 is 0 Å². The van der Waals surface area contributed by atoms with E-state index in [4.69, 9.17) is 10.5 Å². The second kappa shape index (κ2) is 6.98. The maximum Gasteiger partial charge on any atom is 0.252 e. The van der Waals surface area contributed by atoms with E-state index in [2.05, 4.69) is 4.90 Å². The zero-order valence-electron chi connectivity index (χ0n) is 13.1. The van der Waals surface area contributed by atoms with Gasteiger partial charge in [-0.3, -0.25) is 9.69 Å². The first-order chi connectivity index (χ1) is 11.2. The third-order valence-corrected chi connectivity index (χ3v) is 4.37. The number of fused-ring (bicyclic) bond motifs is 1. The van der Waals surface area contributed by atoms with Crippen LogP contribution < -0.4 is 5.73 Å². The van der Waals surface area contributed by atoms with Gasteiger partial charge in [0.1, 0.15) is 5.75 Å². The molecule has 0 aliphatic carbocycles. The van der Waals surface area contributed by atoms with Gasteiger partial charge in [0, 0.05) is 18.5 Å². The van der Waals surface area contributed by atoms with Crippen molar-refractivity contribution >= 4 is 16.7 Å². The first-order valence-electron chi connectivity index (χ1n) is 8.00. The summed E-state index contributed by atoms with van der Waals surface area (Å²) in [5.74, 6) is -0.577. The molecule has 5 heteroatoms. The lowest BCUT2D eigenvalue weighted by Gasteiger charge is -2.26. The van der Waals surface area contributed by atoms with Gasteiger partial charge in [-0.2, -0.15) is 0 Å². The quantitative estimate of drug-likeness (QED) is 0.884. The van der Waals surface area contributed by atoms with E-state index in [1.165, 1.54) is 0 Å². The van der Waals surface area contributed by atoms with Gasteiger partial charge in [0.2, 0.25) is 0 Å². The van der Waals surface area contributed by atoms with Gasteiger partial charge in [-0.1, -0.05) is 30.3 Å². The van der Waals surface area contributed by atoms with E-state index >= 15 is 0 Å². The van der Waals surface area contributed by atoms with Gasteiger partial charge in [0.25, 0.3) is 5.91 Å². The summed E-state index contributed by atoms with van der Waals surface area (Å²) < 4.78 is 5.34. The molecule has 2 aromatic carbocycles. The topological polar surface area (TPSA) is 75.8 Å². The molecular weight excluding hydrogens is 292 g/mol. The lowest BCUT2D eigenvalue weighted by atomic mass is 9.96. The van der Waals surface area contributed by atoms with E-state index in [9.17, 15) is 9.90 Å². The minimum absolute atomic E-state index is 0.00280. The van der Waals surface area contributed by atoms with Crippen LogP contribution in [0.1, 0.15) is 22.3 Å². The second-order valence-corrected chi connectivity index (χ2v) is 5.90. The number of amides is 1. The fourth-order valence-electron chi connectivity index (χ4n) is 3.18. The number of primary amides is 1. The number of morpholine rings is 1. The number of nitrogens with two attached hydrogens (primary N) is 1. The van der Waals surface area contributed by atoms with Crippen molar-refractivity contribution in [3.8, 4) is 5.75 Å². The molecule has 0 saturated carbocycles. The van der Waals surface area contributed by atoms with E-state index < -0.39 is 5.91 Å². The fraction of sp³-hybridized carbons (Fsp3) is 0.389. The van der Waals surface area contributed by atoms with Gasteiger partial charge in [0.05, 0.1) is 18.8 Å². The molecule has 1 heterocycles. The van der Waals surface area contributed by atoms with E-state index in [1.54, 1.807) is 6.07 Å². The minimum Gasteiger partial charge on any atom is -0.506 e. The summed E-state index contributed by atoms with van der Waals surface area (Å²) in [4.78, 5) is 14.1. The summed E-state index contributed by atoms with van der Waals surface area (Å²) in [7, 11) is 0. The highest BCUT2D eigenvalue weighted by Crippen LogP contribution is 2.32. The maximum absolute atomic E-state index is 11.8. The van der Waals surface area contributed by atoms with Crippen molar-refractivity contribution in [1.29, 1.82) is 0 Å². The largest absolute Gasteiger partial charge is 0.506 e. The standard InChI is InChI=1S/C18H22N2O3/c19-18(22)16-14(5-3-7-20-8-10-23-11-9-20)12-13-4-1-2-6-15(13)17(16)21/h1-2,4,6,12,21H,3,5,7-11H2,(H2,19,22). The van der Waals surface area contributed by atoms with Crippen LogP contribution in [-0.4, -0.2) is 48.8 Å². The van der Waals surface area contributed by atoms with Crippen molar-refractivity contribution in [1.82, 2.24) is 4.90 Å². The molecule has 3 rings (SSSR count). The predicted molar refractivity (Wildman–Crippen MR) is 89.7 cm³/mol. The summed E-state index contributed by atoms with van der Waals surface area (Å²) in [5, 5.41) is 12.0. The highest BCUT2D eigenvalue weighted by molar-refractivity contribution is 6.04. The Balaban J connectivity index is 1.81. The zero-order valence-corrected chi connectivity index (χ0v) is 13.1. The molecule has 3 N–H and O–H groups in total. The SMILES string of the molecule is NC(=O)c1c(CCCN2CCOCC2)cc2ccccc2c1O. The van der Waals surface area contributed by atoms with Crippen molar-refractivity contribution < 1.29 is 14.6 Å². The van der Waals surface area contributed by atoms with Crippen molar-refractivity contribution in [2.45, 2.75) is 12.8 Å². The molecule has 122 valence electrons. The molecule has 1 fully saturated rings. The molecule has 0 radical (unpaired) electrons. The van der Waals surface area contributed by atoms with Crippen LogP contribution in [0.5, 0.6) is 5.75 Å². The van der Waals surface area contributed by atoms with Crippen LogP contribution >= 0.6 is 0 Å². The van der Waals surface area contributed by atoms with Gasteiger partial charge in [-0.25, -0.2) is 0 Å². The Bertz CT molecular complexity index is 709. The number of phenols is 1. The van der Waals surface area contributed by atoms with E-state index in [-0.39, 0.29) is 11.3 Å². The predicted octanol–water partition coefficient (Wildman–Crippen LogP) is 1.91. The molecule has 5 nitrogen and oxygen atoms in total.